The van der Waals surface area contributed by atoms with Crippen LogP contribution in [0.5, 0.6) is 5.75 Å². The lowest BCUT2D eigenvalue weighted by atomic mass is 10.2. The number of pyridine rings is 1. The Hall–Kier alpha value is -2.01. The maximum Gasteiger partial charge on any atom is 0.335 e. The highest BCUT2D eigenvalue weighted by molar-refractivity contribution is 7.99. The fraction of sp³-hybridized carbons (Fsp3) is 0.200. The number of hydrogen-bond acceptors (Lipinski definition) is 4. The van der Waals surface area contributed by atoms with E-state index in [1.165, 1.54) is 11.8 Å². The van der Waals surface area contributed by atoms with Crippen LogP contribution in [-0.4, -0.2) is 22.7 Å². The number of carboxylic acids is 1. The first kappa shape index (κ1) is 14.4. The van der Waals surface area contributed by atoms with Gasteiger partial charge in [-0.2, -0.15) is 0 Å². The number of carboxylic acid groups (broad SMARTS) is 1. The van der Waals surface area contributed by atoms with Crippen molar-refractivity contribution in [2.45, 2.75) is 23.3 Å². The van der Waals surface area contributed by atoms with Gasteiger partial charge in [-0.1, -0.05) is 18.7 Å². The molecule has 0 radical (unpaired) electrons. The second kappa shape index (κ2) is 6.96. The number of aromatic nitrogens is 1. The molecule has 1 aromatic carbocycles. The molecule has 104 valence electrons. The molecule has 5 heteroatoms. The van der Waals surface area contributed by atoms with Crippen LogP contribution in [0.15, 0.2) is 52.5 Å². The third-order valence-corrected chi connectivity index (χ3v) is 3.52. The second-order valence-corrected chi connectivity index (χ2v) is 5.15. The number of benzene rings is 1. The van der Waals surface area contributed by atoms with Gasteiger partial charge in [-0.3, -0.25) is 0 Å². The minimum Gasteiger partial charge on any atom is -0.491 e. The van der Waals surface area contributed by atoms with Crippen molar-refractivity contribution in [3.63, 3.8) is 0 Å². The molecule has 0 fully saturated rings. The van der Waals surface area contributed by atoms with Crippen LogP contribution in [0.4, 0.5) is 0 Å². The molecule has 0 saturated carbocycles. The predicted molar refractivity (Wildman–Crippen MR) is 77.5 cm³/mol. The highest BCUT2D eigenvalue weighted by Crippen LogP contribution is 2.33. The van der Waals surface area contributed by atoms with E-state index in [1.54, 1.807) is 30.5 Å². The fourth-order valence-corrected chi connectivity index (χ4v) is 2.39. The Labute approximate surface area is 121 Å². The van der Waals surface area contributed by atoms with Gasteiger partial charge in [0.15, 0.2) is 5.75 Å². The van der Waals surface area contributed by atoms with E-state index in [9.17, 15) is 4.79 Å². The van der Waals surface area contributed by atoms with Crippen LogP contribution in [-0.2, 0) is 0 Å². The summed E-state index contributed by atoms with van der Waals surface area (Å²) in [6.45, 7) is 2.70. The normalized spacial score (nSPS) is 10.2. The first-order valence-electron chi connectivity index (χ1n) is 6.29. The van der Waals surface area contributed by atoms with Crippen LogP contribution in [0, 0.1) is 0 Å². The van der Waals surface area contributed by atoms with Gasteiger partial charge in [0, 0.05) is 11.1 Å². The second-order valence-electron chi connectivity index (χ2n) is 4.09. The first-order valence-corrected chi connectivity index (χ1v) is 7.11. The summed E-state index contributed by atoms with van der Waals surface area (Å²) < 4.78 is 5.64. The topological polar surface area (TPSA) is 59.4 Å². The Morgan fingerprint density at radius 3 is 2.70 bits per heavy atom. The van der Waals surface area contributed by atoms with Gasteiger partial charge < -0.3 is 9.84 Å². The molecule has 0 aliphatic carbocycles. The number of ether oxygens (including phenoxy) is 1. The summed E-state index contributed by atoms with van der Waals surface area (Å²) >= 11 is 1.46. The van der Waals surface area contributed by atoms with Crippen molar-refractivity contribution < 1.29 is 14.6 Å². The maximum absolute atomic E-state index is 10.8. The molecule has 20 heavy (non-hydrogen) atoms. The summed E-state index contributed by atoms with van der Waals surface area (Å²) in [4.78, 5) is 16.0. The van der Waals surface area contributed by atoms with Gasteiger partial charge in [-0.25, -0.2) is 9.78 Å². The van der Waals surface area contributed by atoms with E-state index in [2.05, 4.69) is 4.98 Å². The zero-order valence-corrected chi connectivity index (χ0v) is 11.9. The van der Waals surface area contributed by atoms with Crippen LogP contribution >= 0.6 is 11.8 Å². The fourth-order valence-electron chi connectivity index (χ4n) is 1.55. The molecule has 0 unspecified atom stereocenters. The Bertz CT molecular complexity index is 584. The molecule has 0 atom stereocenters. The number of nitrogens with zero attached hydrogens (tertiary/aromatic N) is 1. The van der Waals surface area contributed by atoms with Gasteiger partial charge >= 0.3 is 5.97 Å². The van der Waals surface area contributed by atoms with Crippen molar-refractivity contribution in [3.05, 3.63) is 48.2 Å². The molecule has 1 heterocycles. The monoisotopic (exact) mass is 289 g/mol. The van der Waals surface area contributed by atoms with Gasteiger partial charge in [0.05, 0.1) is 12.2 Å². The molecule has 0 aliphatic heterocycles. The molecule has 0 amide bonds. The Morgan fingerprint density at radius 1 is 1.30 bits per heavy atom. The first-order chi connectivity index (χ1) is 9.70. The largest absolute Gasteiger partial charge is 0.491 e. The van der Waals surface area contributed by atoms with Gasteiger partial charge in [-0.05, 0) is 42.8 Å². The molecule has 0 aliphatic rings. The highest BCUT2D eigenvalue weighted by atomic mass is 32.2. The van der Waals surface area contributed by atoms with E-state index >= 15 is 0 Å². The quantitative estimate of drug-likeness (QED) is 0.878. The van der Waals surface area contributed by atoms with Gasteiger partial charge in [0.25, 0.3) is 0 Å². The predicted octanol–water partition coefficient (Wildman–Crippen LogP) is 3.72. The lowest BCUT2D eigenvalue weighted by Gasteiger charge is -2.09. The summed E-state index contributed by atoms with van der Waals surface area (Å²) in [5.74, 6) is -0.173. The molecule has 0 saturated heterocycles. The Kier molecular flexibility index (Phi) is 5.01. The third kappa shape index (κ3) is 3.74. The van der Waals surface area contributed by atoms with Gasteiger partial charge in [0.1, 0.15) is 5.03 Å². The van der Waals surface area contributed by atoms with Crippen molar-refractivity contribution in [3.8, 4) is 5.75 Å². The molecule has 2 aromatic rings. The van der Waals surface area contributed by atoms with E-state index < -0.39 is 5.97 Å². The minimum absolute atomic E-state index is 0.276. The molecule has 4 nitrogen and oxygen atoms in total. The van der Waals surface area contributed by atoms with E-state index in [1.807, 2.05) is 19.1 Å². The maximum atomic E-state index is 10.8. The summed E-state index contributed by atoms with van der Waals surface area (Å²) in [5.41, 5.74) is 0.276. The standard InChI is InChI=1S/C15H15NO3S/c1-2-10-19-13-4-3-9-16-14(13)20-12-7-5-11(6-8-12)15(17)18/h3-9H,2,10H2,1H3,(H,17,18). The minimum atomic E-state index is -0.925. The SMILES string of the molecule is CCCOc1cccnc1Sc1ccc(C(=O)O)cc1. The molecule has 0 spiro atoms. The van der Waals surface area contributed by atoms with Crippen molar-refractivity contribution in [2.75, 3.05) is 6.61 Å². The zero-order valence-electron chi connectivity index (χ0n) is 11.1. The van der Waals surface area contributed by atoms with Crippen LogP contribution in [0.1, 0.15) is 23.7 Å². The number of carbonyl (C=O) groups is 1. The average molecular weight is 289 g/mol. The Balaban J connectivity index is 2.14. The van der Waals surface area contributed by atoms with Gasteiger partial charge in [0.2, 0.25) is 0 Å². The van der Waals surface area contributed by atoms with Crippen LogP contribution < -0.4 is 4.74 Å². The lowest BCUT2D eigenvalue weighted by molar-refractivity contribution is 0.0697. The van der Waals surface area contributed by atoms with Crippen LogP contribution in [0.25, 0.3) is 0 Å². The zero-order chi connectivity index (χ0) is 14.4. The smallest absolute Gasteiger partial charge is 0.335 e. The molecule has 1 aromatic heterocycles. The molecule has 0 bridgehead atoms. The van der Waals surface area contributed by atoms with Crippen molar-refractivity contribution in [2.24, 2.45) is 0 Å². The summed E-state index contributed by atoms with van der Waals surface area (Å²) in [5, 5.41) is 9.65. The van der Waals surface area contributed by atoms with E-state index in [4.69, 9.17) is 9.84 Å². The molecule has 2 rings (SSSR count). The molecule has 1 N–H and O–H groups in total. The van der Waals surface area contributed by atoms with Crippen LogP contribution in [0.3, 0.4) is 0 Å². The van der Waals surface area contributed by atoms with Crippen molar-refractivity contribution >= 4 is 17.7 Å². The van der Waals surface area contributed by atoms with Crippen molar-refractivity contribution in [1.82, 2.24) is 4.98 Å². The number of hydrogen-bond donors (Lipinski definition) is 1. The molecular formula is C15H15NO3S. The summed E-state index contributed by atoms with van der Waals surface area (Å²) in [6.07, 6.45) is 2.65. The van der Waals surface area contributed by atoms with E-state index in [-0.39, 0.29) is 5.56 Å². The highest BCUT2D eigenvalue weighted by Gasteiger charge is 2.08. The van der Waals surface area contributed by atoms with Crippen LogP contribution in [0.2, 0.25) is 0 Å². The van der Waals surface area contributed by atoms with Crippen molar-refractivity contribution in [1.29, 1.82) is 0 Å². The lowest BCUT2D eigenvalue weighted by Crippen LogP contribution is -1.97. The average Bonchev–Trinajstić information content (AvgIpc) is 2.47. The summed E-state index contributed by atoms with van der Waals surface area (Å²) in [7, 11) is 0. The third-order valence-electron chi connectivity index (χ3n) is 2.51. The summed E-state index contributed by atoms with van der Waals surface area (Å²) in [6, 6.07) is 10.4. The Morgan fingerprint density at radius 2 is 2.05 bits per heavy atom. The molecular weight excluding hydrogens is 274 g/mol. The van der Waals surface area contributed by atoms with E-state index in [0.29, 0.717) is 6.61 Å². The number of aromatic carboxylic acids is 1. The van der Waals surface area contributed by atoms with E-state index in [0.717, 1.165) is 22.1 Å². The number of rotatable bonds is 6. The van der Waals surface area contributed by atoms with Gasteiger partial charge in [-0.15, -0.1) is 0 Å².